The highest BCUT2D eigenvalue weighted by Gasteiger charge is 2.29. The summed E-state index contributed by atoms with van der Waals surface area (Å²) in [4.78, 5) is 0. The first-order chi connectivity index (χ1) is 7.19. The van der Waals surface area contributed by atoms with Crippen LogP contribution in [-0.4, -0.2) is 13.2 Å². The molecule has 82 valence electrons. The molecular formula is C12H16FNO. The quantitative estimate of drug-likeness (QED) is 0.828. The fraction of sp³-hybridized carbons (Fsp3) is 0.500. The van der Waals surface area contributed by atoms with Crippen molar-refractivity contribution in [2.45, 2.75) is 25.4 Å². The molecule has 0 bridgehead atoms. The number of rotatable bonds is 3. The molecule has 1 atom stereocenters. The summed E-state index contributed by atoms with van der Waals surface area (Å²) in [6.07, 6.45) is 1.27. The average molecular weight is 209 g/mol. The molecule has 1 unspecified atom stereocenters. The number of benzene rings is 1. The number of fused-ring (bicyclic) bond motifs is 1. The van der Waals surface area contributed by atoms with Gasteiger partial charge in [-0.3, -0.25) is 0 Å². The molecule has 1 aromatic carbocycles. The zero-order valence-electron chi connectivity index (χ0n) is 8.92. The second-order valence-electron chi connectivity index (χ2n) is 3.94. The fourth-order valence-corrected chi connectivity index (χ4v) is 1.93. The van der Waals surface area contributed by atoms with Crippen LogP contribution in [0.3, 0.4) is 0 Å². The van der Waals surface area contributed by atoms with Crippen molar-refractivity contribution in [1.82, 2.24) is 0 Å². The lowest BCUT2D eigenvalue weighted by molar-refractivity contribution is 0.169. The Balaban J connectivity index is 2.37. The van der Waals surface area contributed by atoms with E-state index in [4.69, 9.17) is 10.5 Å². The first-order valence-electron chi connectivity index (χ1n) is 5.35. The van der Waals surface area contributed by atoms with Crippen LogP contribution in [0.2, 0.25) is 0 Å². The SMILES string of the molecule is CCC(F)(CN)c1ccc2c(c1)CCO2. The molecule has 15 heavy (non-hydrogen) atoms. The summed E-state index contributed by atoms with van der Waals surface area (Å²) in [6, 6.07) is 5.51. The largest absolute Gasteiger partial charge is 0.493 e. The number of ether oxygens (including phenoxy) is 1. The van der Waals surface area contributed by atoms with Crippen LogP contribution in [0.4, 0.5) is 4.39 Å². The lowest BCUT2D eigenvalue weighted by Gasteiger charge is -2.22. The molecular weight excluding hydrogens is 193 g/mol. The van der Waals surface area contributed by atoms with Gasteiger partial charge in [-0.2, -0.15) is 0 Å². The van der Waals surface area contributed by atoms with E-state index in [9.17, 15) is 4.39 Å². The van der Waals surface area contributed by atoms with Gasteiger partial charge in [-0.15, -0.1) is 0 Å². The first-order valence-corrected chi connectivity index (χ1v) is 5.35. The summed E-state index contributed by atoms with van der Waals surface area (Å²) in [6.45, 7) is 2.55. The van der Waals surface area contributed by atoms with Gasteiger partial charge in [0.05, 0.1) is 6.61 Å². The highest BCUT2D eigenvalue weighted by atomic mass is 19.1. The van der Waals surface area contributed by atoms with Gasteiger partial charge < -0.3 is 10.5 Å². The highest BCUT2D eigenvalue weighted by molar-refractivity contribution is 5.41. The van der Waals surface area contributed by atoms with Crippen molar-refractivity contribution in [3.63, 3.8) is 0 Å². The molecule has 1 aliphatic rings. The van der Waals surface area contributed by atoms with Gasteiger partial charge in [0.15, 0.2) is 0 Å². The van der Waals surface area contributed by atoms with Crippen LogP contribution >= 0.6 is 0 Å². The molecule has 0 aliphatic carbocycles. The maximum Gasteiger partial charge on any atom is 0.147 e. The van der Waals surface area contributed by atoms with Gasteiger partial charge in [-0.05, 0) is 29.7 Å². The van der Waals surface area contributed by atoms with Crippen LogP contribution in [-0.2, 0) is 12.1 Å². The number of nitrogens with two attached hydrogens (primary N) is 1. The van der Waals surface area contributed by atoms with E-state index in [1.165, 1.54) is 0 Å². The summed E-state index contributed by atoms with van der Waals surface area (Å²) in [5.41, 5.74) is 5.87. The summed E-state index contributed by atoms with van der Waals surface area (Å²) in [5, 5.41) is 0. The van der Waals surface area contributed by atoms with Crippen LogP contribution in [0, 0.1) is 0 Å². The molecule has 1 aromatic rings. The van der Waals surface area contributed by atoms with Gasteiger partial charge >= 0.3 is 0 Å². The van der Waals surface area contributed by atoms with E-state index in [0.717, 1.165) is 17.7 Å². The minimum absolute atomic E-state index is 0.0309. The van der Waals surface area contributed by atoms with Gasteiger partial charge in [-0.1, -0.05) is 13.0 Å². The first kappa shape index (κ1) is 10.4. The molecule has 2 nitrogen and oxygen atoms in total. The maximum absolute atomic E-state index is 14.3. The Kier molecular flexibility index (Phi) is 2.65. The van der Waals surface area contributed by atoms with E-state index >= 15 is 0 Å². The Hall–Kier alpha value is -1.09. The van der Waals surface area contributed by atoms with Gasteiger partial charge in [0, 0.05) is 13.0 Å². The van der Waals surface area contributed by atoms with Gasteiger partial charge in [0.1, 0.15) is 11.4 Å². The average Bonchev–Trinajstić information content (AvgIpc) is 2.74. The zero-order valence-corrected chi connectivity index (χ0v) is 8.92. The smallest absolute Gasteiger partial charge is 0.147 e. The molecule has 3 heteroatoms. The Morgan fingerprint density at radius 2 is 2.33 bits per heavy atom. The molecule has 1 aliphatic heterocycles. The third-order valence-electron chi connectivity index (χ3n) is 3.09. The molecule has 0 aromatic heterocycles. The van der Waals surface area contributed by atoms with E-state index in [1.807, 2.05) is 19.1 Å². The second kappa shape index (κ2) is 3.81. The minimum atomic E-state index is -1.39. The number of hydrogen-bond acceptors (Lipinski definition) is 2. The Labute approximate surface area is 89.2 Å². The summed E-state index contributed by atoms with van der Waals surface area (Å²) in [7, 11) is 0. The van der Waals surface area contributed by atoms with Crippen molar-refractivity contribution < 1.29 is 9.13 Å². The van der Waals surface area contributed by atoms with Gasteiger partial charge in [-0.25, -0.2) is 4.39 Å². The predicted molar refractivity (Wildman–Crippen MR) is 57.8 cm³/mol. The van der Waals surface area contributed by atoms with Crippen molar-refractivity contribution >= 4 is 0 Å². The summed E-state index contributed by atoms with van der Waals surface area (Å²) in [5.74, 6) is 0.884. The standard InChI is InChI=1S/C12H16FNO/c1-2-12(13,8-14)10-3-4-11-9(7-10)5-6-15-11/h3-4,7H,2,5-6,8,14H2,1H3. The molecule has 0 radical (unpaired) electrons. The Bertz CT molecular complexity index is 361. The van der Waals surface area contributed by atoms with Crippen LogP contribution in [0.25, 0.3) is 0 Å². The second-order valence-corrected chi connectivity index (χ2v) is 3.94. The summed E-state index contributed by atoms with van der Waals surface area (Å²) < 4.78 is 19.7. The van der Waals surface area contributed by atoms with Crippen LogP contribution in [0.5, 0.6) is 5.75 Å². The molecule has 2 rings (SSSR count). The molecule has 2 N–H and O–H groups in total. The lowest BCUT2D eigenvalue weighted by atomic mass is 9.91. The van der Waals surface area contributed by atoms with Crippen molar-refractivity contribution in [2.75, 3.05) is 13.2 Å². The number of hydrogen-bond donors (Lipinski definition) is 1. The Morgan fingerprint density at radius 1 is 1.53 bits per heavy atom. The van der Waals surface area contributed by atoms with Crippen LogP contribution < -0.4 is 10.5 Å². The number of halogens is 1. The molecule has 0 amide bonds. The van der Waals surface area contributed by atoms with Crippen molar-refractivity contribution in [3.05, 3.63) is 29.3 Å². The fourth-order valence-electron chi connectivity index (χ4n) is 1.93. The van der Waals surface area contributed by atoms with E-state index in [-0.39, 0.29) is 6.54 Å². The van der Waals surface area contributed by atoms with E-state index in [0.29, 0.717) is 18.6 Å². The third-order valence-corrected chi connectivity index (χ3v) is 3.09. The van der Waals surface area contributed by atoms with Crippen LogP contribution in [0.1, 0.15) is 24.5 Å². The van der Waals surface area contributed by atoms with Crippen molar-refractivity contribution in [1.29, 1.82) is 0 Å². The number of alkyl halides is 1. The van der Waals surface area contributed by atoms with Crippen molar-refractivity contribution in [3.8, 4) is 5.75 Å². The van der Waals surface area contributed by atoms with Gasteiger partial charge in [0.25, 0.3) is 0 Å². The topological polar surface area (TPSA) is 35.2 Å². The lowest BCUT2D eigenvalue weighted by Crippen LogP contribution is -2.29. The molecule has 0 fully saturated rings. The van der Waals surface area contributed by atoms with E-state index < -0.39 is 5.67 Å². The van der Waals surface area contributed by atoms with E-state index in [1.54, 1.807) is 6.07 Å². The summed E-state index contributed by atoms with van der Waals surface area (Å²) >= 11 is 0. The maximum atomic E-state index is 14.3. The Morgan fingerprint density at radius 3 is 3.00 bits per heavy atom. The molecule has 1 heterocycles. The zero-order chi connectivity index (χ0) is 10.9. The van der Waals surface area contributed by atoms with E-state index in [2.05, 4.69) is 0 Å². The highest BCUT2D eigenvalue weighted by Crippen LogP contribution is 2.33. The molecule has 0 spiro atoms. The molecule has 0 saturated heterocycles. The third kappa shape index (κ3) is 1.72. The predicted octanol–water partition coefficient (Wildman–Crippen LogP) is 2.16. The van der Waals surface area contributed by atoms with Gasteiger partial charge in [0.2, 0.25) is 0 Å². The van der Waals surface area contributed by atoms with Crippen molar-refractivity contribution in [2.24, 2.45) is 5.73 Å². The normalized spacial score (nSPS) is 18.1. The monoisotopic (exact) mass is 209 g/mol. The minimum Gasteiger partial charge on any atom is -0.493 e. The van der Waals surface area contributed by atoms with Crippen LogP contribution in [0.15, 0.2) is 18.2 Å². The molecule has 0 saturated carbocycles.